The maximum Gasteiger partial charge on any atom is 0.152 e. The molecule has 0 aromatic heterocycles. The number of ether oxygens (including phenoxy) is 1. The molecule has 0 saturated heterocycles. The van der Waals surface area contributed by atoms with E-state index in [9.17, 15) is 8.42 Å². The van der Waals surface area contributed by atoms with E-state index in [2.05, 4.69) is 5.32 Å². The molecule has 0 heterocycles. The van der Waals surface area contributed by atoms with E-state index in [1.807, 2.05) is 24.3 Å². The number of benzene rings is 1. The van der Waals surface area contributed by atoms with Crippen molar-refractivity contribution < 1.29 is 13.2 Å². The number of methoxy groups -OCH3 is 1. The zero-order chi connectivity index (χ0) is 14.8. The van der Waals surface area contributed by atoms with Crippen LogP contribution in [-0.2, 0) is 9.84 Å². The van der Waals surface area contributed by atoms with Crippen molar-refractivity contribution in [1.82, 2.24) is 0 Å². The summed E-state index contributed by atoms with van der Waals surface area (Å²) in [5.74, 6) is 0.767. The van der Waals surface area contributed by atoms with Crippen molar-refractivity contribution in [2.75, 3.05) is 25.2 Å². The van der Waals surface area contributed by atoms with Gasteiger partial charge in [0.05, 0.1) is 17.9 Å². The first-order valence-corrected chi connectivity index (χ1v) is 8.68. The smallest absolute Gasteiger partial charge is 0.152 e. The van der Waals surface area contributed by atoms with E-state index >= 15 is 0 Å². The quantitative estimate of drug-likeness (QED) is 0.859. The summed E-state index contributed by atoms with van der Waals surface area (Å²) < 4.78 is 29.1. The minimum absolute atomic E-state index is 0.302. The zero-order valence-corrected chi connectivity index (χ0v) is 12.7. The lowest BCUT2D eigenvalue weighted by atomic mass is 9.96. The number of sulfone groups is 1. The topological polar surface area (TPSA) is 81.4 Å². The normalized spacial score (nSPS) is 26.4. The highest BCUT2D eigenvalue weighted by Crippen LogP contribution is 2.37. The van der Waals surface area contributed by atoms with Crippen LogP contribution in [0.1, 0.15) is 19.3 Å². The van der Waals surface area contributed by atoms with Gasteiger partial charge in [0, 0.05) is 18.5 Å². The molecule has 2 unspecified atom stereocenters. The van der Waals surface area contributed by atoms with Gasteiger partial charge in [0.2, 0.25) is 0 Å². The van der Waals surface area contributed by atoms with Gasteiger partial charge >= 0.3 is 0 Å². The van der Waals surface area contributed by atoms with Gasteiger partial charge in [0.1, 0.15) is 5.75 Å². The maximum atomic E-state index is 12.0. The van der Waals surface area contributed by atoms with Crippen LogP contribution >= 0.6 is 0 Å². The lowest BCUT2D eigenvalue weighted by Crippen LogP contribution is -2.54. The van der Waals surface area contributed by atoms with Crippen LogP contribution in [0.5, 0.6) is 5.75 Å². The van der Waals surface area contributed by atoms with E-state index in [0.29, 0.717) is 13.0 Å². The number of hydrogen-bond donors (Lipinski definition) is 2. The molecule has 20 heavy (non-hydrogen) atoms. The molecule has 1 aliphatic carbocycles. The fraction of sp³-hybridized carbons (Fsp3) is 0.571. The molecule has 0 bridgehead atoms. The monoisotopic (exact) mass is 298 g/mol. The Balaban J connectivity index is 2.26. The van der Waals surface area contributed by atoms with Crippen LogP contribution in [-0.4, -0.2) is 39.1 Å². The summed E-state index contributed by atoms with van der Waals surface area (Å²) in [6, 6.07) is 7.45. The first-order valence-electron chi connectivity index (χ1n) is 6.72. The van der Waals surface area contributed by atoms with Crippen molar-refractivity contribution in [3.63, 3.8) is 0 Å². The average Bonchev–Trinajstić information content (AvgIpc) is 2.84. The van der Waals surface area contributed by atoms with Gasteiger partial charge in [-0.15, -0.1) is 0 Å². The maximum absolute atomic E-state index is 12.0. The molecular weight excluding hydrogens is 276 g/mol. The average molecular weight is 298 g/mol. The molecule has 1 aromatic carbocycles. The third kappa shape index (κ3) is 2.91. The third-order valence-corrected chi connectivity index (χ3v) is 5.79. The third-order valence-electron chi connectivity index (χ3n) is 4.07. The fourth-order valence-electron chi connectivity index (χ4n) is 3.05. The van der Waals surface area contributed by atoms with Gasteiger partial charge in [-0.25, -0.2) is 8.42 Å². The van der Waals surface area contributed by atoms with Crippen LogP contribution in [0.15, 0.2) is 24.3 Å². The first-order chi connectivity index (χ1) is 9.41. The molecule has 0 aliphatic heterocycles. The number of nitrogens with one attached hydrogen (secondary N) is 1. The second-order valence-corrected chi connectivity index (χ2v) is 7.65. The van der Waals surface area contributed by atoms with Crippen LogP contribution in [0, 0.1) is 0 Å². The van der Waals surface area contributed by atoms with Crippen LogP contribution in [0.25, 0.3) is 0 Å². The minimum atomic E-state index is -3.12. The van der Waals surface area contributed by atoms with Crippen LogP contribution in [0.2, 0.25) is 0 Å². The molecule has 0 radical (unpaired) electrons. The van der Waals surface area contributed by atoms with Gasteiger partial charge in [-0.1, -0.05) is 0 Å². The molecule has 0 spiro atoms. The van der Waals surface area contributed by atoms with E-state index in [1.54, 1.807) is 7.11 Å². The highest BCUT2D eigenvalue weighted by atomic mass is 32.2. The van der Waals surface area contributed by atoms with Crippen LogP contribution < -0.4 is 15.8 Å². The molecule has 1 fully saturated rings. The molecule has 6 heteroatoms. The summed E-state index contributed by atoms with van der Waals surface area (Å²) in [5, 5.41) is 2.92. The fourth-order valence-corrected chi connectivity index (χ4v) is 4.74. The predicted molar refractivity (Wildman–Crippen MR) is 80.9 cm³/mol. The van der Waals surface area contributed by atoms with Gasteiger partial charge in [-0.3, -0.25) is 0 Å². The Kier molecular flexibility index (Phi) is 4.25. The first kappa shape index (κ1) is 15.1. The minimum Gasteiger partial charge on any atom is -0.497 e. The van der Waals surface area contributed by atoms with Crippen molar-refractivity contribution in [1.29, 1.82) is 0 Å². The van der Waals surface area contributed by atoms with E-state index in [4.69, 9.17) is 10.5 Å². The van der Waals surface area contributed by atoms with Gasteiger partial charge in [-0.2, -0.15) is 0 Å². The van der Waals surface area contributed by atoms with Crippen molar-refractivity contribution >= 4 is 15.5 Å². The van der Waals surface area contributed by atoms with Crippen LogP contribution in [0.3, 0.4) is 0 Å². The highest BCUT2D eigenvalue weighted by molar-refractivity contribution is 7.91. The summed E-state index contributed by atoms with van der Waals surface area (Å²) in [5.41, 5.74) is 6.21. The number of anilines is 1. The molecule has 1 aliphatic rings. The zero-order valence-electron chi connectivity index (χ0n) is 11.9. The van der Waals surface area contributed by atoms with E-state index in [1.165, 1.54) is 6.26 Å². The van der Waals surface area contributed by atoms with E-state index < -0.39 is 20.6 Å². The Morgan fingerprint density at radius 1 is 1.40 bits per heavy atom. The lowest BCUT2D eigenvalue weighted by molar-refractivity contribution is 0.414. The second kappa shape index (κ2) is 5.61. The summed E-state index contributed by atoms with van der Waals surface area (Å²) in [6.07, 6.45) is 3.60. The molecule has 1 aromatic rings. The van der Waals surface area contributed by atoms with Crippen molar-refractivity contribution in [3.8, 4) is 5.75 Å². The molecule has 2 atom stereocenters. The van der Waals surface area contributed by atoms with Gasteiger partial charge < -0.3 is 15.8 Å². The molecule has 0 amide bonds. The summed E-state index contributed by atoms with van der Waals surface area (Å²) in [6.45, 7) is 0.302. The number of hydrogen-bond acceptors (Lipinski definition) is 5. The highest BCUT2D eigenvalue weighted by Gasteiger charge is 2.47. The largest absolute Gasteiger partial charge is 0.497 e. The molecule has 3 N–H and O–H groups in total. The van der Waals surface area contributed by atoms with Gasteiger partial charge in [0.25, 0.3) is 0 Å². The summed E-state index contributed by atoms with van der Waals surface area (Å²) in [7, 11) is -1.51. The van der Waals surface area contributed by atoms with Crippen molar-refractivity contribution in [2.24, 2.45) is 5.73 Å². The molecular formula is C14H22N2O3S. The SMILES string of the molecule is COc1ccc(NC2(CN)CCCC2S(C)(=O)=O)cc1. The molecule has 2 rings (SSSR count). The number of nitrogens with two attached hydrogens (primary N) is 1. The van der Waals surface area contributed by atoms with Gasteiger partial charge in [0.15, 0.2) is 9.84 Å². The van der Waals surface area contributed by atoms with Gasteiger partial charge in [-0.05, 0) is 43.5 Å². The predicted octanol–water partition coefficient (Wildman–Crippen LogP) is 1.40. The van der Waals surface area contributed by atoms with Crippen molar-refractivity contribution in [2.45, 2.75) is 30.1 Å². The Bertz CT molecular complexity index is 556. The second-order valence-electron chi connectivity index (χ2n) is 5.42. The lowest BCUT2D eigenvalue weighted by Gasteiger charge is -2.35. The molecule has 1 saturated carbocycles. The van der Waals surface area contributed by atoms with Crippen LogP contribution in [0.4, 0.5) is 5.69 Å². The van der Waals surface area contributed by atoms with E-state index in [0.717, 1.165) is 24.3 Å². The molecule has 5 nitrogen and oxygen atoms in total. The molecule has 112 valence electrons. The van der Waals surface area contributed by atoms with E-state index in [-0.39, 0.29) is 0 Å². The standard InChI is InChI=1S/C14H22N2O3S/c1-19-12-7-5-11(6-8-12)16-14(10-15)9-3-4-13(14)20(2,17)18/h5-8,13,16H,3-4,9-10,15H2,1-2H3. The number of rotatable bonds is 5. The Morgan fingerprint density at radius 3 is 2.55 bits per heavy atom. The Morgan fingerprint density at radius 2 is 2.05 bits per heavy atom. The Labute approximate surface area is 120 Å². The summed E-state index contributed by atoms with van der Waals surface area (Å²) in [4.78, 5) is 0. The Hall–Kier alpha value is -1.27. The van der Waals surface area contributed by atoms with Crippen molar-refractivity contribution in [3.05, 3.63) is 24.3 Å². The summed E-state index contributed by atoms with van der Waals surface area (Å²) >= 11 is 0.